The van der Waals surface area contributed by atoms with Crippen LogP contribution < -0.4 is 5.32 Å². The van der Waals surface area contributed by atoms with Crippen LogP contribution in [0.4, 0.5) is 4.79 Å². The van der Waals surface area contributed by atoms with Crippen molar-refractivity contribution < 1.29 is 14.6 Å². The number of urea groups is 1. The zero-order valence-electron chi connectivity index (χ0n) is 10.4. The fourth-order valence-corrected chi connectivity index (χ4v) is 2.51. The molecular formula is C10H13N7O3. The Balaban J connectivity index is 1.85. The molecule has 3 aliphatic heterocycles. The first-order valence-electron chi connectivity index (χ1n) is 6.12. The maximum Gasteiger partial charge on any atom is 0.352 e. The maximum atomic E-state index is 11.6. The molecule has 0 radical (unpaired) electrons. The second kappa shape index (κ2) is 5.00. The molecule has 4 atom stereocenters. The number of carbonyl (C=O) groups is 1. The van der Waals surface area contributed by atoms with Crippen LogP contribution in [0.5, 0.6) is 0 Å². The Labute approximate surface area is 113 Å². The normalized spacial score (nSPS) is 35.0. The highest BCUT2D eigenvalue weighted by molar-refractivity contribution is 5.86. The predicted molar refractivity (Wildman–Crippen MR) is 66.9 cm³/mol. The van der Waals surface area contributed by atoms with E-state index in [0.717, 1.165) is 0 Å². The summed E-state index contributed by atoms with van der Waals surface area (Å²) in [6.45, 7) is -0.155. The Morgan fingerprint density at radius 1 is 1.70 bits per heavy atom. The lowest BCUT2D eigenvalue weighted by atomic mass is 10.1. The van der Waals surface area contributed by atoms with Gasteiger partial charge in [0.2, 0.25) is 0 Å². The summed E-state index contributed by atoms with van der Waals surface area (Å²) < 4.78 is 5.67. The average molecular weight is 279 g/mol. The molecule has 2 N–H and O–H groups in total. The number of rotatable bonds is 3. The van der Waals surface area contributed by atoms with Gasteiger partial charge >= 0.3 is 6.03 Å². The summed E-state index contributed by atoms with van der Waals surface area (Å²) in [5.41, 5.74) is 8.63. The number of fused-ring (bicyclic) bond motifs is 1. The van der Waals surface area contributed by atoms with E-state index in [2.05, 4.69) is 20.3 Å². The van der Waals surface area contributed by atoms with Crippen molar-refractivity contribution >= 4 is 12.4 Å². The quantitative estimate of drug-likeness (QED) is 0.423. The van der Waals surface area contributed by atoms with Gasteiger partial charge in [0.05, 0.1) is 18.8 Å². The van der Waals surface area contributed by atoms with Gasteiger partial charge in [-0.15, -0.1) is 0 Å². The number of azide groups is 1. The van der Waals surface area contributed by atoms with Crippen LogP contribution in [0.25, 0.3) is 10.4 Å². The molecular weight excluding hydrogens is 266 g/mol. The Kier molecular flexibility index (Phi) is 3.18. The number of aliphatic hydroxyl groups excluding tert-OH is 1. The molecule has 0 spiro atoms. The van der Waals surface area contributed by atoms with Gasteiger partial charge < -0.3 is 15.2 Å². The van der Waals surface area contributed by atoms with E-state index in [4.69, 9.17) is 10.3 Å². The number of nitrogens with zero attached hydrogens (tertiary/aromatic N) is 6. The molecule has 3 aliphatic rings. The number of ether oxygens (including phenoxy) is 1. The lowest BCUT2D eigenvalue weighted by Gasteiger charge is -2.39. The molecule has 20 heavy (non-hydrogen) atoms. The van der Waals surface area contributed by atoms with Gasteiger partial charge in [-0.2, -0.15) is 4.99 Å². The van der Waals surface area contributed by atoms with E-state index in [0.29, 0.717) is 6.42 Å². The lowest BCUT2D eigenvalue weighted by Crippen LogP contribution is -2.59. The van der Waals surface area contributed by atoms with Crippen molar-refractivity contribution in [2.75, 3.05) is 6.61 Å². The van der Waals surface area contributed by atoms with Crippen LogP contribution in [0.3, 0.4) is 0 Å². The summed E-state index contributed by atoms with van der Waals surface area (Å²) in [4.78, 5) is 21.3. The fraction of sp³-hybridized carbons (Fsp3) is 0.600. The van der Waals surface area contributed by atoms with Gasteiger partial charge in [0.1, 0.15) is 12.6 Å². The first kappa shape index (κ1) is 12.7. The highest BCUT2D eigenvalue weighted by Gasteiger charge is 2.44. The predicted octanol–water partition coefficient (Wildman–Crippen LogP) is -0.103. The van der Waals surface area contributed by atoms with Crippen molar-refractivity contribution in [2.45, 2.75) is 31.1 Å². The Morgan fingerprint density at radius 2 is 2.55 bits per heavy atom. The third-order valence-corrected chi connectivity index (χ3v) is 3.41. The van der Waals surface area contributed by atoms with Crippen molar-refractivity contribution in [1.82, 2.24) is 15.1 Å². The van der Waals surface area contributed by atoms with E-state index in [-0.39, 0.29) is 12.6 Å². The Morgan fingerprint density at radius 3 is 3.30 bits per heavy atom. The molecule has 0 aromatic carbocycles. The van der Waals surface area contributed by atoms with E-state index in [1.54, 1.807) is 17.3 Å². The average Bonchev–Trinajstić information content (AvgIpc) is 3.07. The lowest BCUT2D eigenvalue weighted by molar-refractivity contribution is -0.0726. The van der Waals surface area contributed by atoms with E-state index in [1.165, 1.54) is 11.2 Å². The summed E-state index contributed by atoms with van der Waals surface area (Å²) in [5, 5.41) is 15.9. The van der Waals surface area contributed by atoms with E-state index < -0.39 is 24.7 Å². The summed E-state index contributed by atoms with van der Waals surface area (Å²) in [6.07, 6.45) is 3.56. The van der Waals surface area contributed by atoms with Crippen LogP contribution >= 0.6 is 0 Å². The molecule has 10 heteroatoms. The Hall–Kier alpha value is -2.29. The zero-order chi connectivity index (χ0) is 14.1. The molecule has 0 bridgehead atoms. The number of nitrogens with one attached hydrogen (secondary N) is 1. The number of hydrogen-bond acceptors (Lipinski definition) is 6. The fourth-order valence-electron chi connectivity index (χ4n) is 2.51. The SMILES string of the molecule is [N-]=[N+]=N[C@H]1C[C@@H](CO)O[C@H]1N1C=NC(=O)N2C=CNC21. The topological polar surface area (TPSA) is 126 Å². The molecule has 3 heterocycles. The van der Waals surface area contributed by atoms with Crippen molar-refractivity contribution in [3.63, 3.8) is 0 Å². The number of carbonyl (C=O) groups excluding carboxylic acids is 1. The van der Waals surface area contributed by atoms with Gasteiger partial charge in [0.15, 0.2) is 6.29 Å². The van der Waals surface area contributed by atoms with Crippen LogP contribution in [-0.4, -0.2) is 58.5 Å². The third kappa shape index (κ3) is 1.95. The minimum atomic E-state index is -0.584. The summed E-state index contributed by atoms with van der Waals surface area (Å²) in [5.74, 6) is 0. The summed E-state index contributed by atoms with van der Waals surface area (Å²) in [6, 6.07) is -0.842. The monoisotopic (exact) mass is 279 g/mol. The van der Waals surface area contributed by atoms with Crippen molar-refractivity contribution in [3.05, 3.63) is 22.8 Å². The summed E-state index contributed by atoms with van der Waals surface area (Å²) in [7, 11) is 0. The van der Waals surface area contributed by atoms with Crippen LogP contribution in [0.1, 0.15) is 6.42 Å². The van der Waals surface area contributed by atoms with Gasteiger partial charge in [0, 0.05) is 17.3 Å². The van der Waals surface area contributed by atoms with Gasteiger partial charge in [0.25, 0.3) is 0 Å². The molecule has 0 saturated carbocycles. The van der Waals surface area contributed by atoms with Crippen LogP contribution in [0.2, 0.25) is 0 Å². The van der Waals surface area contributed by atoms with E-state index in [9.17, 15) is 9.90 Å². The molecule has 106 valence electrons. The molecule has 10 nitrogen and oxygen atoms in total. The molecule has 1 fully saturated rings. The highest BCUT2D eigenvalue weighted by atomic mass is 16.5. The molecule has 3 rings (SSSR count). The first-order chi connectivity index (χ1) is 9.74. The van der Waals surface area contributed by atoms with Crippen LogP contribution in [-0.2, 0) is 4.74 Å². The largest absolute Gasteiger partial charge is 0.394 e. The molecule has 1 unspecified atom stereocenters. The third-order valence-electron chi connectivity index (χ3n) is 3.41. The molecule has 1 saturated heterocycles. The van der Waals surface area contributed by atoms with Crippen LogP contribution in [0.15, 0.2) is 22.5 Å². The molecule has 0 aromatic heterocycles. The van der Waals surface area contributed by atoms with Gasteiger partial charge in [-0.05, 0) is 12.0 Å². The van der Waals surface area contributed by atoms with Crippen molar-refractivity contribution in [2.24, 2.45) is 10.1 Å². The number of amides is 2. The smallest absolute Gasteiger partial charge is 0.352 e. The number of hydrogen-bond donors (Lipinski definition) is 2. The molecule has 0 aromatic rings. The van der Waals surface area contributed by atoms with Crippen molar-refractivity contribution in [3.8, 4) is 0 Å². The van der Waals surface area contributed by atoms with Gasteiger partial charge in [-0.25, -0.2) is 4.79 Å². The minimum Gasteiger partial charge on any atom is -0.394 e. The summed E-state index contributed by atoms with van der Waals surface area (Å²) >= 11 is 0. The molecule has 0 aliphatic carbocycles. The second-order valence-corrected chi connectivity index (χ2v) is 4.58. The number of aliphatic hydroxyl groups is 1. The van der Waals surface area contributed by atoms with Gasteiger partial charge in [-0.1, -0.05) is 5.11 Å². The van der Waals surface area contributed by atoms with E-state index >= 15 is 0 Å². The highest BCUT2D eigenvalue weighted by Crippen LogP contribution is 2.29. The van der Waals surface area contributed by atoms with Crippen LogP contribution in [0, 0.1) is 0 Å². The first-order valence-corrected chi connectivity index (χ1v) is 6.12. The van der Waals surface area contributed by atoms with E-state index in [1.807, 2.05) is 0 Å². The molecule has 2 amide bonds. The minimum absolute atomic E-state index is 0.155. The Bertz CT molecular complexity index is 515. The van der Waals surface area contributed by atoms with Gasteiger partial charge in [-0.3, -0.25) is 9.80 Å². The second-order valence-electron chi connectivity index (χ2n) is 4.58. The standard InChI is InChI=1S/C10H13N7O3/c11-15-14-7-3-6(4-18)20-8(7)17-5-13-10(19)16-2-1-12-9(16)17/h1-2,5-9,12,18H,3-4H2/t6-,7-,8+,9?/m0/s1. The maximum absolute atomic E-state index is 11.6. The van der Waals surface area contributed by atoms with Crippen molar-refractivity contribution in [1.29, 1.82) is 0 Å². The zero-order valence-corrected chi connectivity index (χ0v) is 10.4. The number of aliphatic imine (C=N–C) groups is 1.